The fraction of sp³-hybridized carbons (Fsp3) is 0.905. The van der Waals surface area contributed by atoms with Gasteiger partial charge in [-0.05, 0) is 31.1 Å². The Hall–Kier alpha value is -0.420. The third-order valence-electron chi connectivity index (χ3n) is 7.65. The van der Waals surface area contributed by atoms with E-state index in [9.17, 15) is 10.2 Å². The molecule has 5 atom stereocenters. The molecule has 1 heterocycles. The fourth-order valence-corrected chi connectivity index (χ4v) is 6.01. The Balaban J connectivity index is 1.39. The Bertz CT molecular complexity index is 492. The molecule has 142 valence electrons. The molecule has 2 N–H and O–H groups in total. The van der Waals surface area contributed by atoms with Gasteiger partial charge in [-0.2, -0.15) is 0 Å². The van der Waals surface area contributed by atoms with Gasteiger partial charge in [0.05, 0.1) is 25.4 Å². The number of hydrogen-bond donors (Lipinski definition) is 2. The lowest BCUT2D eigenvalue weighted by atomic mass is 9.47. The summed E-state index contributed by atoms with van der Waals surface area (Å²) < 4.78 is 12.0. The van der Waals surface area contributed by atoms with E-state index < -0.39 is 5.79 Å². The quantitative estimate of drug-likeness (QED) is 0.763. The van der Waals surface area contributed by atoms with Crippen molar-refractivity contribution < 1.29 is 19.7 Å². The maximum Gasteiger partial charge on any atom is 0.174 e. The minimum absolute atomic E-state index is 0.00788. The van der Waals surface area contributed by atoms with E-state index in [2.05, 4.69) is 13.0 Å². The van der Waals surface area contributed by atoms with Crippen molar-refractivity contribution in [3.8, 4) is 0 Å². The lowest BCUT2D eigenvalue weighted by Gasteiger charge is -2.64. The zero-order valence-electron chi connectivity index (χ0n) is 15.5. The fourth-order valence-electron chi connectivity index (χ4n) is 6.01. The SMILES string of the molecule is C[C@]12CC[C@@H](O)[C@H](/C=C/[C@@H](O)CC3CCCCC3)[C@H]1CC21OCCO1. The van der Waals surface area contributed by atoms with Gasteiger partial charge in [0.15, 0.2) is 5.79 Å². The van der Waals surface area contributed by atoms with E-state index in [1.807, 2.05) is 6.08 Å². The van der Waals surface area contributed by atoms with Crippen molar-refractivity contribution >= 4 is 0 Å². The van der Waals surface area contributed by atoms with Crippen molar-refractivity contribution in [1.82, 2.24) is 0 Å². The molecule has 1 spiro atoms. The average molecular weight is 350 g/mol. The summed E-state index contributed by atoms with van der Waals surface area (Å²) >= 11 is 0. The van der Waals surface area contributed by atoms with Gasteiger partial charge in [0.1, 0.15) is 0 Å². The third kappa shape index (κ3) is 3.09. The number of ether oxygens (including phenoxy) is 2. The van der Waals surface area contributed by atoms with E-state index in [4.69, 9.17) is 9.47 Å². The highest BCUT2D eigenvalue weighted by Gasteiger charge is 2.69. The summed E-state index contributed by atoms with van der Waals surface area (Å²) in [6.07, 6.45) is 13.3. The first-order chi connectivity index (χ1) is 12.0. The van der Waals surface area contributed by atoms with Gasteiger partial charge in [-0.25, -0.2) is 0 Å². The van der Waals surface area contributed by atoms with E-state index in [0.717, 1.165) is 25.7 Å². The van der Waals surface area contributed by atoms with Gasteiger partial charge in [-0.3, -0.25) is 0 Å². The van der Waals surface area contributed by atoms with Crippen LogP contribution >= 0.6 is 0 Å². The molecule has 3 aliphatic carbocycles. The van der Waals surface area contributed by atoms with Crippen LogP contribution in [0.5, 0.6) is 0 Å². The molecule has 0 radical (unpaired) electrons. The molecule has 4 rings (SSSR count). The van der Waals surface area contributed by atoms with E-state index in [-0.39, 0.29) is 23.5 Å². The second kappa shape index (κ2) is 6.95. The summed E-state index contributed by atoms with van der Waals surface area (Å²) in [5, 5.41) is 21.0. The van der Waals surface area contributed by atoms with Gasteiger partial charge in [-0.15, -0.1) is 0 Å². The molecule has 4 fully saturated rings. The van der Waals surface area contributed by atoms with Crippen molar-refractivity contribution in [1.29, 1.82) is 0 Å². The van der Waals surface area contributed by atoms with Gasteiger partial charge >= 0.3 is 0 Å². The second-order valence-electron chi connectivity index (χ2n) is 9.05. The van der Waals surface area contributed by atoms with Crippen molar-refractivity contribution in [2.45, 2.75) is 82.7 Å². The van der Waals surface area contributed by atoms with Gasteiger partial charge in [0.2, 0.25) is 0 Å². The number of aliphatic hydroxyl groups is 2. The number of aliphatic hydroxyl groups excluding tert-OH is 2. The summed E-state index contributed by atoms with van der Waals surface area (Å²) in [7, 11) is 0. The van der Waals surface area contributed by atoms with Crippen molar-refractivity contribution in [2.24, 2.45) is 23.2 Å². The van der Waals surface area contributed by atoms with E-state index in [1.165, 1.54) is 32.1 Å². The van der Waals surface area contributed by atoms with E-state index in [1.54, 1.807) is 0 Å². The summed E-state index contributed by atoms with van der Waals surface area (Å²) in [5.41, 5.74) is -0.00788. The van der Waals surface area contributed by atoms with Crippen molar-refractivity contribution in [2.75, 3.05) is 13.2 Å². The summed E-state index contributed by atoms with van der Waals surface area (Å²) in [6, 6.07) is 0. The van der Waals surface area contributed by atoms with Crippen molar-refractivity contribution in [3.05, 3.63) is 12.2 Å². The molecular formula is C21H34O4. The molecule has 0 aromatic heterocycles. The minimum atomic E-state index is -0.412. The second-order valence-corrected chi connectivity index (χ2v) is 9.05. The van der Waals surface area contributed by atoms with Gasteiger partial charge in [0.25, 0.3) is 0 Å². The van der Waals surface area contributed by atoms with Gasteiger partial charge in [-0.1, -0.05) is 51.2 Å². The highest BCUT2D eigenvalue weighted by atomic mass is 16.7. The smallest absolute Gasteiger partial charge is 0.174 e. The standard InChI is InChI=1S/C21H34O4/c1-20-10-9-19(23)17(18(20)14-21(20)24-11-12-25-21)8-7-16(22)13-15-5-3-2-4-6-15/h7-8,15-19,22-23H,2-6,9-14H2,1H3/b8-7+/t16-,17-,18-,19-,20+/m1/s1. The first-order valence-electron chi connectivity index (χ1n) is 10.4. The van der Waals surface area contributed by atoms with E-state index >= 15 is 0 Å². The van der Waals surface area contributed by atoms with Crippen LogP contribution in [0, 0.1) is 23.2 Å². The number of rotatable bonds is 4. The predicted molar refractivity (Wildman–Crippen MR) is 95.9 cm³/mol. The lowest BCUT2D eigenvalue weighted by molar-refractivity contribution is -0.344. The van der Waals surface area contributed by atoms with Crippen LogP contribution in [0.2, 0.25) is 0 Å². The highest BCUT2D eigenvalue weighted by Crippen LogP contribution is 2.66. The Morgan fingerprint density at radius 1 is 1.12 bits per heavy atom. The molecule has 1 aliphatic heterocycles. The molecule has 0 unspecified atom stereocenters. The van der Waals surface area contributed by atoms with Crippen LogP contribution in [0.3, 0.4) is 0 Å². The zero-order chi connectivity index (χ0) is 17.5. The molecular weight excluding hydrogens is 316 g/mol. The number of fused-ring (bicyclic) bond motifs is 2. The summed E-state index contributed by atoms with van der Waals surface area (Å²) in [4.78, 5) is 0. The Kier molecular flexibility index (Phi) is 5.00. The van der Waals surface area contributed by atoms with Crippen LogP contribution in [0.4, 0.5) is 0 Å². The highest BCUT2D eigenvalue weighted by molar-refractivity contribution is 5.17. The Morgan fingerprint density at radius 2 is 1.84 bits per heavy atom. The van der Waals surface area contributed by atoms with Crippen LogP contribution < -0.4 is 0 Å². The topological polar surface area (TPSA) is 58.9 Å². The first-order valence-corrected chi connectivity index (χ1v) is 10.4. The summed E-state index contributed by atoms with van der Waals surface area (Å²) in [6.45, 7) is 3.63. The Labute approximate surface area is 151 Å². The molecule has 0 aromatic rings. The predicted octanol–water partition coefficient (Wildman–Crippen LogP) is 3.41. The lowest BCUT2D eigenvalue weighted by Crippen LogP contribution is -2.67. The van der Waals surface area contributed by atoms with Crippen molar-refractivity contribution in [3.63, 3.8) is 0 Å². The minimum Gasteiger partial charge on any atom is -0.393 e. The molecule has 25 heavy (non-hydrogen) atoms. The van der Waals surface area contributed by atoms with Crippen LogP contribution in [0.1, 0.15) is 64.7 Å². The maximum atomic E-state index is 10.6. The largest absolute Gasteiger partial charge is 0.393 e. The van der Waals surface area contributed by atoms with E-state index in [0.29, 0.717) is 25.0 Å². The number of hydrogen-bond acceptors (Lipinski definition) is 4. The molecule has 4 aliphatic rings. The molecule has 0 amide bonds. The van der Waals surface area contributed by atoms with Crippen LogP contribution in [-0.2, 0) is 9.47 Å². The molecule has 0 aromatic carbocycles. The monoisotopic (exact) mass is 350 g/mol. The first kappa shape index (κ1) is 18.0. The summed E-state index contributed by atoms with van der Waals surface area (Å²) in [5.74, 6) is 0.748. The zero-order valence-corrected chi connectivity index (χ0v) is 15.5. The van der Waals surface area contributed by atoms with Crippen LogP contribution in [0.15, 0.2) is 12.2 Å². The molecule has 3 saturated carbocycles. The third-order valence-corrected chi connectivity index (χ3v) is 7.65. The van der Waals surface area contributed by atoms with Gasteiger partial charge in [0, 0.05) is 17.8 Å². The average Bonchev–Trinajstić information content (AvgIpc) is 3.11. The molecule has 1 saturated heterocycles. The normalized spacial score (nSPS) is 42.4. The van der Waals surface area contributed by atoms with Gasteiger partial charge < -0.3 is 19.7 Å². The van der Waals surface area contributed by atoms with Crippen LogP contribution in [-0.4, -0.2) is 41.4 Å². The molecule has 4 heteroatoms. The Morgan fingerprint density at radius 3 is 2.56 bits per heavy atom. The molecule has 0 bridgehead atoms. The maximum absolute atomic E-state index is 10.6. The molecule has 4 nitrogen and oxygen atoms in total. The van der Waals surface area contributed by atoms with Crippen LogP contribution in [0.25, 0.3) is 0 Å².